The van der Waals surface area contributed by atoms with Gasteiger partial charge in [-0.1, -0.05) is 284 Å². The molecule has 0 bridgehead atoms. The van der Waals surface area contributed by atoms with E-state index >= 15 is 0 Å². The Bertz CT molecular complexity index is 1470. The first-order valence-electron chi connectivity index (χ1n) is 28.2. The fourth-order valence-electron chi connectivity index (χ4n) is 7.54. The Labute approximate surface area is 424 Å². The predicted octanol–water partition coefficient (Wildman–Crippen LogP) is 18.9. The van der Waals surface area contributed by atoms with Crippen molar-refractivity contribution in [2.24, 2.45) is 0 Å². The topological polar surface area (TPSA) is 78.9 Å². The van der Waals surface area contributed by atoms with Crippen LogP contribution < -0.4 is 0 Å². The number of esters is 3. The molecule has 0 aliphatic heterocycles. The molecule has 0 amide bonds. The van der Waals surface area contributed by atoms with E-state index in [1.807, 2.05) is 72.9 Å². The van der Waals surface area contributed by atoms with Gasteiger partial charge < -0.3 is 14.2 Å². The zero-order chi connectivity index (χ0) is 50.0. The first kappa shape index (κ1) is 64.8. The van der Waals surface area contributed by atoms with Gasteiger partial charge in [0, 0.05) is 19.3 Å². The zero-order valence-corrected chi connectivity index (χ0v) is 44.5. The molecule has 0 fully saturated rings. The number of hydrogen-bond acceptors (Lipinski definition) is 6. The maximum Gasteiger partial charge on any atom is 0.306 e. The van der Waals surface area contributed by atoms with Gasteiger partial charge in [0.2, 0.25) is 0 Å². The normalized spacial score (nSPS) is 13.0. The molecule has 0 radical (unpaired) electrons. The Morgan fingerprint density at radius 3 is 0.899 bits per heavy atom. The van der Waals surface area contributed by atoms with Crippen molar-refractivity contribution in [1.29, 1.82) is 0 Å². The summed E-state index contributed by atoms with van der Waals surface area (Å²) in [4.78, 5) is 38.1. The van der Waals surface area contributed by atoms with Crippen LogP contribution >= 0.6 is 0 Å². The molecular formula is C63H102O6. The van der Waals surface area contributed by atoms with Gasteiger partial charge in [-0.05, 0) is 57.8 Å². The van der Waals surface area contributed by atoms with E-state index in [9.17, 15) is 14.4 Å². The first-order chi connectivity index (χ1) is 34.0. The van der Waals surface area contributed by atoms with Crippen LogP contribution in [0.15, 0.2) is 122 Å². The van der Waals surface area contributed by atoms with Crippen molar-refractivity contribution < 1.29 is 28.6 Å². The van der Waals surface area contributed by atoms with E-state index in [0.717, 1.165) is 96.3 Å². The summed E-state index contributed by atoms with van der Waals surface area (Å²) in [5.74, 6) is -0.969. The van der Waals surface area contributed by atoms with Gasteiger partial charge in [-0.3, -0.25) is 14.4 Å². The Kier molecular flexibility index (Phi) is 53.0. The van der Waals surface area contributed by atoms with Gasteiger partial charge in [-0.2, -0.15) is 0 Å². The number of carbonyl (C=O) groups is 3. The summed E-state index contributed by atoms with van der Waals surface area (Å²) in [6.45, 7) is 6.31. The minimum Gasteiger partial charge on any atom is -0.462 e. The molecule has 6 heteroatoms. The van der Waals surface area contributed by atoms with Gasteiger partial charge in [-0.25, -0.2) is 0 Å². The van der Waals surface area contributed by atoms with Gasteiger partial charge in [0.05, 0.1) is 0 Å². The quantitative estimate of drug-likeness (QED) is 0.0262. The average Bonchev–Trinajstić information content (AvgIpc) is 3.35. The van der Waals surface area contributed by atoms with E-state index < -0.39 is 6.10 Å². The van der Waals surface area contributed by atoms with Crippen molar-refractivity contribution in [2.45, 2.75) is 245 Å². The molecule has 0 aliphatic carbocycles. The SMILES string of the molecule is CC\C=C/C=C\C=C/C=C\C=C\C=C/C=C\CCCCCC(=O)OCC(COC(=O)CCCCCCC\C=C/C=C\C=C/CC)OC(=O)CCCCCCCCCCCCCCCCCCCCC. The van der Waals surface area contributed by atoms with E-state index in [-0.39, 0.29) is 31.1 Å². The molecule has 0 N–H and O–H groups in total. The van der Waals surface area contributed by atoms with Gasteiger partial charge in [0.1, 0.15) is 13.2 Å². The molecule has 0 saturated carbocycles. The summed E-state index contributed by atoms with van der Waals surface area (Å²) in [5, 5.41) is 0. The van der Waals surface area contributed by atoms with Crippen molar-refractivity contribution in [2.75, 3.05) is 13.2 Å². The van der Waals surface area contributed by atoms with E-state index in [0.29, 0.717) is 19.3 Å². The maximum atomic E-state index is 12.9. The highest BCUT2D eigenvalue weighted by molar-refractivity contribution is 5.71. The van der Waals surface area contributed by atoms with Crippen LogP contribution in [0.2, 0.25) is 0 Å². The summed E-state index contributed by atoms with van der Waals surface area (Å²) in [6, 6.07) is 0. The van der Waals surface area contributed by atoms with Gasteiger partial charge >= 0.3 is 17.9 Å². The fourth-order valence-corrected chi connectivity index (χ4v) is 7.54. The molecule has 69 heavy (non-hydrogen) atoms. The molecule has 1 unspecified atom stereocenters. The molecule has 0 aliphatic rings. The number of unbranched alkanes of at least 4 members (excludes halogenated alkanes) is 26. The number of carbonyl (C=O) groups excluding carboxylic acids is 3. The van der Waals surface area contributed by atoms with Crippen LogP contribution in [0.1, 0.15) is 239 Å². The molecule has 6 nitrogen and oxygen atoms in total. The first-order valence-corrected chi connectivity index (χ1v) is 28.2. The number of rotatable bonds is 49. The van der Waals surface area contributed by atoms with Crippen LogP contribution in [0.3, 0.4) is 0 Å². The molecule has 390 valence electrons. The van der Waals surface area contributed by atoms with E-state index in [1.165, 1.54) is 103 Å². The average molecular weight is 956 g/mol. The summed E-state index contributed by atoms with van der Waals surface area (Å²) in [7, 11) is 0. The molecule has 0 heterocycles. The third kappa shape index (κ3) is 54.6. The highest BCUT2D eigenvalue weighted by Crippen LogP contribution is 2.16. The minimum atomic E-state index is -0.808. The third-order valence-corrected chi connectivity index (χ3v) is 11.7. The van der Waals surface area contributed by atoms with Gasteiger partial charge in [-0.15, -0.1) is 0 Å². The van der Waals surface area contributed by atoms with Crippen LogP contribution in [0.5, 0.6) is 0 Å². The summed E-state index contributed by atoms with van der Waals surface area (Å²) >= 11 is 0. The van der Waals surface area contributed by atoms with Crippen LogP contribution in [0.25, 0.3) is 0 Å². The van der Waals surface area contributed by atoms with E-state index in [2.05, 4.69) is 69.4 Å². The summed E-state index contributed by atoms with van der Waals surface area (Å²) in [5.41, 5.74) is 0. The monoisotopic (exact) mass is 955 g/mol. The number of hydrogen-bond donors (Lipinski definition) is 0. The molecule has 0 aromatic carbocycles. The lowest BCUT2D eigenvalue weighted by Crippen LogP contribution is -2.30. The lowest BCUT2D eigenvalue weighted by atomic mass is 10.0. The van der Waals surface area contributed by atoms with E-state index in [4.69, 9.17) is 14.2 Å². The molecule has 0 saturated heterocycles. The molecule has 0 spiro atoms. The Morgan fingerprint density at radius 1 is 0.304 bits per heavy atom. The lowest BCUT2D eigenvalue weighted by molar-refractivity contribution is -0.167. The van der Waals surface area contributed by atoms with Crippen LogP contribution in [-0.2, 0) is 28.6 Å². The van der Waals surface area contributed by atoms with Gasteiger partial charge in [0.25, 0.3) is 0 Å². The van der Waals surface area contributed by atoms with E-state index in [1.54, 1.807) is 0 Å². The number of ether oxygens (including phenoxy) is 3. The van der Waals surface area contributed by atoms with Crippen LogP contribution in [0, 0.1) is 0 Å². The van der Waals surface area contributed by atoms with Crippen LogP contribution in [0.4, 0.5) is 0 Å². The largest absolute Gasteiger partial charge is 0.462 e. The Hall–Kier alpha value is -4.19. The van der Waals surface area contributed by atoms with Crippen molar-refractivity contribution in [3.05, 3.63) is 122 Å². The molecule has 1 atom stereocenters. The molecule has 0 aromatic heterocycles. The maximum absolute atomic E-state index is 12.9. The second-order valence-corrected chi connectivity index (χ2v) is 18.3. The summed E-state index contributed by atoms with van der Waals surface area (Å²) in [6.07, 6.45) is 77.6. The fraction of sp³-hybridized carbons (Fsp3) is 0.635. The standard InChI is InChI=1S/C63H102O6/c1-4-7-10-13-16-19-22-25-27-29-31-33-35-38-41-44-47-50-53-56-62(65)68-59-60(58-67-61(64)55-52-49-46-43-40-37-24-21-18-15-12-9-6-3)69-63(66)57-54-51-48-45-42-39-36-34-32-30-28-26-23-20-17-14-11-8-5-2/h7,9-10,12-13,15-16,18-19,21-22,24-25,27,29,31,33,35,38,41,60H,4-6,8,11,14,17,20,23,26,28,30,32,34,36-37,39-40,42-59H2,1-3H3/b10-7-,12-9-,16-13-,18-15-,22-19-,24-21-,27-25-,31-29+,35-33-,41-38-. The third-order valence-electron chi connectivity index (χ3n) is 11.7. The molecule has 0 aromatic rings. The lowest BCUT2D eigenvalue weighted by Gasteiger charge is -2.18. The van der Waals surface area contributed by atoms with Crippen molar-refractivity contribution in [3.63, 3.8) is 0 Å². The molecular weight excluding hydrogens is 853 g/mol. The van der Waals surface area contributed by atoms with Crippen molar-refractivity contribution in [1.82, 2.24) is 0 Å². The molecule has 0 rings (SSSR count). The predicted molar refractivity (Wildman–Crippen MR) is 297 cm³/mol. The second-order valence-electron chi connectivity index (χ2n) is 18.3. The van der Waals surface area contributed by atoms with Gasteiger partial charge in [0.15, 0.2) is 6.10 Å². The smallest absolute Gasteiger partial charge is 0.306 e. The van der Waals surface area contributed by atoms with Crippen LogP contribution in [-0.4, -0.2) is 37.2 Å². The van der Waals surface area contributed by atoms with Crippen molar-refractivity contribution >= 4 is 17.9 Å². The highest BCUT2D eigenvalue weighted by atomic mass is 16.6. The second kappa shape index (κ2) is 56.4. The summed E-state index contributed by atoms with van der Waals surface area (Å²) < 4.78 is 16.8. The zero-order valence-electron chi connectivity index (χ0n) is 44.5. The Morgan fingerprint density at radius 2 is 0.565 bits per heavy atom. The number of allylic oxidation sites excluding steroid dienone is 20. The Balaban J connectivity index is 4.49. The highest BCUT2D eigenvalue weighted by Gasteiger charge is 2.19. The van der Waals surface area contributed by atoms with Crippen molar-refractivity contribution in [3.8, 4) is 0 Å². The minimum absolute atomic E-state index is 0.105.